The minimum absolute atomic E-state index is 0.0951. The molecule has 0 saturated carbocycles. The van der Waals surface area contributed by atoms with Gasteiger partial charge in [-0.25, -0.2) is 0 Å². The van der Waals surface area contributed by atoms with Gasteiger partial charge in [0, 0.05) is 13.1 Å². The second kappa shape index (κ2) is 3.20. The minimum atomic E-state index is -0.176. The number of amides is 2. The third kappa shape index (κ3) is 1.51. The topological polar surface area (TPSA) is 53.2 Å². The van der Waals surface area contributed by atoms with E-state index in [2.05, 4.69) is 0 Å². The van der Waals surface area contributed by atoms with Crippen LogP contribution in [0.5, 0.6) is 0 Å². The maximum atomic E-state index is 12.0. The van der Waals surface area contributed by atoms with Crippen LogP contribution >= 0.6 is 0 Å². The Morgan fingerprint density at radius 2 is 2.20 bits per heavy atom. The van der Waals surface area contributed by atoms with Gasteiger partial charge in [0.15, 0.2) is 0 Å². The molecule has 0 aromatic heterocycles. The first kappa shape index (κ1) is 9.15. The fraction of sp³-hybridized carbons (Fsp3) is 0.800. The average molecular weight is 210 g/mol. The van der Waals surface area contributed by atoms with Crippen molar-refractivity contribution in [2.24, 2.45) is 0 Å². The zero-order valence-corrected chi connectivity index (χ0v) is 8.52. The normalized spacial score (nSPS) is 34.7. The van der Waals surface area contributed by atoms with Gasteiger partial charge in [-0.1, -0.05) is 0 Å². The highest BCUT2D eigenvalue weighted by Crippen LogP contribution is 2.24. The van der Waals surface area contributed by atoms with E-state index < -0.39 is 0 Å². The van der Waals surface area contributed by atoms with Crippen molar-refractivity contribution >= 4 is 11.8 Å². The Hall–Kier alpha value is -1.10. The van der Waals surface area contributed by atoms with Crippen LogP contribution in [0.3, 0.4) is 0 Å². The molecule has 0 N–H and O–H groups in total. The zero-order valence-electron chi connectivity index (χ0n) is 8.52. The van der Waals surface area contributed by atoms with E-state index in [4.69, 9.17) is 4.74 Å². The number of piperazine rings is 1. The lowest BCUT2D eigenvalue weighted by Gasteiger charge is -2.36. The van der Waals surface area contributed by atoms with Gasteiger partial charge in [-0.05, 0) is 12.8 Å². The van der Waals surface area contributed by atoms with Crippen LogP contribution in [0.25, 0.3) is 0 Å². The highest BCUT2D eigenvalue weighted by molar-refractivity contribution is 5.95. The van der Waals surface area contributed by atoms with Gasteiger partial charge in [-0.2, -0.15) is 0 Å². The van der Waals surface area contributed by atoms with E-state index >= 15 is 0 Å². The van der Waals surface area contributed by atoms with Crippen molar-refractivity contribution in [1.29, 1.82) is 0 Å². The fourth-order valence-electron chi connectivity index (χ4n) is 2.44. The van der Waals surface area contributed by atoms with Crippen LogP contribution in [0, 0.1) is 0 Å². The van der Waals surface area contributed by atoms with E-state index in [-0.39, 0.29) is 30.5 Å². The molecule has 1 unspecified atom stereocenters. The molecule has 0 aliphatic carbocycles. The quantitative estimate of drug-likeness (QED) is 0.562. The fourth-order valence-corrected chi connectivity index (χ4v) is 2.44. The first-order valence-corrected chi connectivity index (χ1v) is 5.45. The highest BCUT2D eigenvalue weighted by atomic mass is 16.6. The van der Waals surface area contributed by atoms with E-state index in [0.717, 1.165) is 26.0 Å². The van der Waals surface area contributed by atoms with Gasteiger partial charge >= 0.3 is 0 Å². The monoisotopic (exact) mass is 210 g/mol. The summed E-state index contributed by atoms with van der Waals surface area (Å²) in [6.07, 6.45) is 1.96. The van der Waals surface area contributed by atoms with Gasteiger partial charge in [0.1, 0.15) is 6.04 Å². The molecule has 0 spiro atoms. The van der Waals surface area contributed by atoms with Crippen molar-refractivity contribution in [3.05, 3.63) is 0 Å². The molecule has 3 fully saturated rings. The van der Waals surface area contributed by atoms with Gasteiger partial charge in [0.25, 0.3) is 0 Å². The Labute approximate surface area is 88.0 Å². The molecule has 0 aromatic carbocycles. The van der Waals surface area contributed by atoms with Crippen LogP contribution in [-0.2, 0) is 14.3 Å². The van der Waals surface area contributed by atoms with Crippen LogP contribution in [0.4, 0.5) is 0 Å². The van der Waals surface area contributed by atoms with Gasteiger partial charge in [0.2, 0.25) is 11.8 Å². The number of carbonyl (C=O) groups is 2. The molecular weight excluding hydrogens is 196 g/mol. The highest BCUT2D eigenvalue weighted by Gasteiger charge is 2.43. The summed E-state index contributed by atoms with van der Waals surface area (Å²) in [6.45, 7) is 2.32. The summed E-state index contributed by atoms with van der Waals surface area (Å²) < 4.78 is 5.09. The Morgan fingerprint density at radius 1 is 1.40 bits per heavy atom. The Kier molecular flexibility index (Phi) is 1.95. The molecule has 0 bridgehead atoms. The summed E-state index contributed by atoms with van der Waals surface area (Å²) in [7, 11) is 0. The van der Waals surface area contributed by atoms with E-state index in [1.54, 1.807) is 9.80 Å². The second-order valence-electron chi connectivity index (χ2n) is 4.42. The second-order valence-corrected chi connectivity index (χ2v) is 4.42. The van der Waals surface area contributed by atoms with E-state index in [0.29, 0.717) is 6.54 Å². The Bertz CT molecular complexity index is 314. The standard InChI is InChI=1S/C10H14N2O3/c13-9-5-11(4-7-6-15-7)10(14)8-2-1-3-12(8)9/h7-8H,1-6H2/t7-,8?/m1/s1. The van der Waals surface area contributed by atoms with Crippen molar-refractivity contribution in [2.75, 3.05) is 26.2 Å². The lowest BCUT2D eigenvalue weighted by atomic mass is 10.1. The average Bonchev–Trinajstić information content (AvgIpc) is 2.88. The van der Waals surface area contributed by atoms with Crippen LogP contribution in [0.15, 0.2) is 0 Å². The summed E-state index contributed by atoms with van der Waals surface area (Å²) in [5, 5.41) is 0. The molecule has 0 aromatic rings. The van der Waals surface area contributed by atoms with Gasteiger partial charge in [0.05, 0.1) is 19.3 Å². The molecule has 3 heterocycles. The largest absolute Gasteiger partial charge is 0.371 e. The maximum absolute atomic E-state index is 12.0. The first-order chi connectivity index (χ1) is 7.25. The molecular formula is C10H14N2O3. The number of hydrogen-bond donors (Lipinski definition) is 0. The Balaban J connectivity index is 1.74. The lowest BCUT2D eigenvalue weighted by molar-refractivity contribution is -0.153. The molecule has 3 aliphatic rings. The molecule has 2 atom stereocenters. The van der Waals surface area contributed by atoms with Crippen LogP contribution in [0.1, 0.15) is 12.8 Å². The summed E-state index contributed by atoms with van der Waals surface area (Å²) in [5.41, 5.74) is 0. The molecule has 2 amide bonds. The van der Waals surface area contributed by atoms with Crippen molar-refractivity contribution in [1.82, 2.24) is 9.80 Å². The van der Waals surface area contributed by atoms with Crippen LogP contribution in [-0.4, -0.2) is 60.0 Å². The molecule has 5 nitrogen and oxygen atoms in total. The van der Waals surface area contributed by atoms with E-state index in [1.165, 1.54) is 0 Å². The SMILES string of the molecule is O=C1C2CCCN2C(=O)CN1C[C@@H]1CO1. The van der Waals surface area contributed by atoms with Crippen LogP contribution < -0.4 is 0 Å². The molecule has 5 heteroatoms. The lowest BCUT2D eigenvalue weighted by Crippen LogP contribution is -2.58. The minimum Gasteiger partial charge on any atom is -0.371 e. The molecule has 3 aliphatic heterocycles. The number of epoxide rings is 1. The summed E-state index contributed by atoms with van der Waals surface area (Å²) in [6, 6.07) is -0.176. The van der Waals surface area contributed by atoms with Crippen LogP contribution in [0.2, 0.25) is 0 Å². The maximum Gasteiger partial charge on any atom is 0.245 e. The van der Waals surface area contributed by atoms with Gasteiger partial charge < -0.3 is 14.5 Å². The summed E-state index contributed by atoms with van der Waals surface area (Å²) in [4.78, 5) is 27.1. The van der Waals surface area contributed by atoms with Crippen molar-refractivity contribution in [3.8, 4) is 0 Å². The van der Waals surface area contributed by atoms with E-state index in [9.17, 15) is 9.59 Å². The van der Waals surface area contributed by atoms with Gasteiger partial charge in [-0.15, -0.1) is 0 Å². The molecule has 3 rings (SSSR count). The number of fused-ring (bicyclic) bond motifs is 1. The third-order valence-electron chi connectivity index (χ3n) is 3.32. The predicted molar refractivity (Wildman–Crippen MR) is 51.1 cm³/mol. The number of nitrogens with zero attached hydrogens (tertiary/aromatic N) is 2. The zero-order chi connectivity index (χ0) is 10.4. The van der Waals surface area contributed by atoms with Crippen molar-refractivity contribution in [3.63, 3.8) is 0 Å². The van der Waals surface area contributed by atoms with Gasteiger partial charge in [-0.3, -0.25) is 9.59 Å². The predicted octanol–water partition coefficient (Wildman–Crippen LogP) is -0.782. The molecule has 15 heavy (non-hydrogen) atoms. The van der Waals surface area contributed by atoms with Crippen molar-refractivity contribution < 1.29 is 14.3 Å². The molecule has 0 radical (unpaired) electrons. The number of rotatable bonds is 2. The molecule has 3 saturated heterocycles. The smallest absolute Gasteiger partial charge is 0.245 e. The van der Waals surface area contributed by atoms with E-state index in [1.807, 2.05) is 0 Å². The number of carbonyl (C=O) groups excluding carboxylic acids is 2. The summed E-state index contributed by atoms with van der Waals surface area (Å²) >= 11 is 0. The number of hydrogen-bond acceptors (Lipinski definition) is 3. The van der Waals surface area contributed by atoms with Crippen molar-refractivity contribution in [2.45, 2.75) is 25.0 Å². The third-order valence-corrected chi connectivity index (χ3v) is 3.32. The Morgan fingerprint density at radius 3 is 2.93 bits per heavy atom. The first-order valence-electron chi connectivity index (χ1n) is 5.45. The summed E-state index contributed by atoms with van der Waals surface area (Å²) in [5.74, 6) is 0.209. The number of ether oxygens (including phenoxy) is 1. The molecule has 82 valence electrons.